The Balaban J connectivity index is 2.07. The monoisotopic (exact) mass is 277 g/mol. The lowest BCUT2D eigenvalue weighted by Gasteiger charge is -2.07. The molecule has 0 saturated heterocycles. The summed E-state index contributed by atoms with van der Waals surface area (Å²) >= 11 is 0. The van der Waals surface area contributed by atoms with Crippen molar-refractivity contribution in [3.05, 3.63) is 69.7 Å². The average molecular weight is 277 g/mol. The fraction of sp³-hybridized carbons (Fsp3) is 0.0588. The van der Waals surface area contributed by atoms with Gasteiger partial charge in [0.1, 0.15) is 0 Å². The maximum Gasteiger partial charge on any atom is 0.257 e. The van der Waals surface area contributed by atoms with E-state index in [0.29, 0.717) is 5.56 Å². The molecule has 0 saturated carbocycles. The standard InChI is InChI=1S/C17H15N3O/c18-17(19)20-16(21)15-8-7-13-9-12-4-2-1-3-11(12)5-6-14(13)10-15/h1-2,4-10H,3H2,(H4,18,19,20,21). The molecule has 0 fully saturated rings. The smallest absolute Gasteiger partial charge is 0.257 e. The van der Waals surface area contributed by atoms with Crippen molar-refractivity contribution >= 4 is 24.0 Å². The molecule has 0 atom stereocenters. The highest BCUT2D eigenvalue weighted by Gasteiger charge is 2.09. The number of hydrogen-bond acceptors (Lipinski definition) is 2. The lowest BCUT2D eigenvalue weighted by molar-refractivity contribution is 0.0976. The maximum atomic E-state index is 11.9. The summed E-state index contributed by atoms with van der Waals surface area (Å²) in [5.41, 5.74) is 8.15. The predicted octanol–water partition coefficient (Wildman–Crippen LogP) is 0.697. The van der Waals surface area contributed by atoms with Gasteiger partial charge in [-0.1, -0.05) is 36.4 Å². The van der Waals surface area contributed by atoms with Gasteiger partial charge in [-0.05, 0) is 46.2 Å². The molecule has 104 valence electrons. The lowest BCUT2D eigenvalue weighted by atomic mass is 9.98. The first-order chi connectivity index (χ1) is 10.1. The fourth-order valence-corrected chi connectivity index (χ4v) is 2.44. The minimum Gasteiger partial charge on any atom is -0.370 e. The number of carbonyl (C=O) groups is 1. The lowest BCUT2D eigenvalue weighted by Crippen LogP contribution is -2.37. The van der Waals surface area contributed by atoms with E-state index in [-0.39, 0.29) is 11.9 Å². The molecule has 0 aromatic heterocycles. The Bertz CT molecular complexity index is 841. The van der Waals surface area contributed by atoms with Crippen molar-refractivity contribution in [2.45, 2.75) is 6.42 Å². The first-order valence-corrected chi connectivity index (χ1v) is 6.69. The van der Waals surface area contributed by atoms with Gasteiger partial charge < -0.3 is 5.73 Å². The highest BCUT2D eigenvalue weighted by molar-refractivity contribution is 6.04. The first-order valence-electron chi connectivity index (χ1n) is 6.69. The normalized spacial score (nSPS) is 15.2. The fourth-order valence-electron chi connectivity index (χ4n) is 2.44. The summed E-state index contributed by atoms with van der Waals surface area (Å²) in [4.78, 5) is 11.9. The zero-order chi connectivity index (χ0) is 14.8. The van der Waals surface area contributed by atoms with Gasteiger partial charge in [-0.3, -0.25) is 15.5 Å². The highest BCUT2D eigenvalue weighted by atomic mass is 16.1. The van der Waals surface area contributed by atoms with Crippen molar-refractivity contribution < 1.29 is 4.79 Å². The van der Waals surface area contributed by atoms with Crippen LogP contribution in [0.25, 0.3) is 12.2 Å². The molecule has 4 N–H and O–H groups in total. The third-order valence-electron chi connectivity index (χ3n) is 3.49. The van der Waals surface area contributed by atoms with Crippen LogP contribution >= 0.6 is 0 Å². The number of carbonyl (C=O) groups excluding carboxylic acids is 1. The van der Waals surface area contributed by atoms with E-state index in [9.17, 15) is 4.79 Å². The Morgan fingerprint density at radius 1 is 1.19 bits per heavy atom. The Kier molecular flexibility index (Phi) is 3.28. The molecule has 0 spiro atoms. The average Bonchev–Trinajstić information content (AvgIpc) is 2.64. The molecule has 21 heavy (non-hydrogen) atoms. The topological polar surface area (TPSA) is 79.0 Å². The number of hydrogen-bond donors (Lipinski definition) is 3. The van der Waals surface area contributed by atoms with Crippen LogP contribution < -0.4 is 21.5 Å². The van der Waals surface area contributed by atoms with E-state index in [2.05, 4.69) is 35.7 Å². The molecule has 1 aromatic rings. The molecular formula is C17H15N3O. The Labute approximate surface area is 122 Å². The quantitative estimate of drug-likeness (QED) is 0.522. The van der Waals surface area contributed by atoms with Gasteiger partial charge in [0.15, 0.2) is 5.96 Å². The highest BCUT2D eigenvalue weighted by Crippen LogP contribution is 2.21. The maximum absolute atomic E-state index is 11.9. The van der Waals surface area contributed by atoms with E-state index < -0.39 is 0 Å². The number of nitrogens with one attached hydrogen (secondary N) is 2. The van der Waals surface area contributed by atoms with Gasteiger partial charge in [-0.15, -0.1) is 0 Å². The molecule has 4 heteroatoms. The molecule has 0 aliphatic heterocycles. The predicted molar refractivity (Wildman–Crippen MR) is 83.9 cm³/mol. The van der Waals surface area contributed by atoms with Crippen LogP contribution in [-0.2, 0) is 0 Å². The largest absolute Gasteiger partial charge is 0.370 e. The van der Waals surface area contributed by atoms with Gasteiger partial charge in [-0.2, -0.15) is 0 Å². The van der Waals surface area contributed by atoms with E-state index in [4.69, 9.17) is 11.1 Å². The Morgan fingerprint density at radius 3 is 2.86 bits per heavy atom. The van der Waals surface area contributed by atoms with Crippen molar-refractivity contribution in [3.8, 4) is 0 Å². The molecule has 1 amide bonds. The van der Waals surface area contributed by atoms with Crippen molar-refractivity contribution in [1.29, 1.82) is 5.41 Å². The van der Waals surface area contributed by atoms with Crippen molar-refractivity contribution in [3.63, 3.8) is 0 Å². The third kappa shape index (κ3) is 2.69. The summed E-state index contributed by atoms with van der Waals surface area (Å²) in [6, 6.07) is 5.47. The van der Waals surface area contributed by atoms with Crippen LogP contribution in [-0.4, -0.2) is 11.9 Å². The molecule has 0 heterocycles. The Morgan fingerprint density at radius 2 is 2.05 bits per heavy atom. The van der Waals surface area contributed by atoms with Gasteiger partial charge in [0.2, 0.25) is 0 Å². The van der Waals surface area contributed by atoms with Gasteiger partial charge in [0.25, 0.3) is 5.91 Å². The number of fused-ring (bicyclic) bond motifs is 2. The summed E-state index contributed by atoms with van der Waals surface area (Å²) in [6.45, 7) is 0. The second-order valence-electron chi connectivity index (χ2n) is 4.97. The molecule has 0 radical (unpaired) electrons. The molecule has 4 nitrogen and oxygen atoms in total. The van der Waals surface area contributed by atoms with Gasteiger partial charge in [0, 0.05) is 5.56 Å². The van der Waals surface area contributed by atoms with E-state index >= 15 is 0 Å². The van der Waals surface area contributed by atoms with Crippen LogP contribution in [0, 0.1) is 5.41 Å². The van der Waals surface area contributed by atoms with Gasteiger partial charge >= 0.3 is 0 Å². The van der Waals surface area contributed by atoms with Gasteiger partial charge in [0.05, 0.1) is 0 Å². The Hall–Kier alpha value is -2.88. The number of benzene rings is 1. The zero-order valence-corrected chi connectivity index (χ0v) is 11.4. The summed E-state index contributed by atoms with van der Waals surface area (Å²) in [5, 5.41) is 11.5. The van der Waals surface area contributed by atoms with Crippen molar-refractivity contribution in [2.75, 3.05) is 0 Å². The summed E-state index contributed by atoms with van der Waals surface area (Å²) in [7, 11) is 0. The number of amides is 1. The molecule has 1 aromatic carbocycles. The summed E-state index contributed by atoms with van der Waals surface area (Å²) < 4.78 is 0. The van der Waals surface area contributed by atoms with Crippen LogP contribution in [0.4, 0.5) is 0 Å². The number of nitrogens with two attached hydrogens (primary N) is 1. The van der Waals surface area contributed by atoms with Crippen LogP contribution in [0.5, 0.6) is 0 Å². The van der Waals surface area contributed by atoms with E-state index in [1.165, 1.54) is 11.1 Å². The summed E-state index contributed by atoms with van der Waals surface area (Å²) in [6.07, 6.45) is 13.4. The molecule has 3 rings (SSSR count). The second kappa shape index (κ2) is 5.25. The molecule has 0 unspecified atom stereocenters. The van der Waals surface area contributed by atoms with Crippen LogP contribution in [0.3, 0.4) is 0 Å². The SMILES string of the molecule is N=C(N)NC(=O)c1ccc2c(c1)=CC=C1CC=CC=C1C=2. The third-order valence-corrected chi connectivity index (χ3v) is 3.49. The van der Waals surface area contributed by atoms with Crippen LogP contribution in [0.2, 0.25) is 0 Å². The van der Waals surface area contributed by atoms with Crippen LogP contribution in [0.15, 0.2) is 53.6 Å². The number of rotatable bonds is 1. The zero-order valence-electron chi connectivity index (χ0n) is 11.4. The minimum absolute atomic E-state index is 0.352. The molecule has 2 aliphatic carbocycles. The molecule has 0 bridgehead atoms. The van der Waals surface area contributed by atoms with Crippen molar-refractivity contribution in [1.82, 2.24) is 5.32 Å². The van der Waals surface area contributed by atoms with E-state index in [0.717, 1.165) is 16.9 Å². The molecule has 2 aliphatic rings. The minimum atomic E-state index is -0.367. The first kappa shape index (κ1) is 13.1. The van der Waals surface area contributed by atoms with E-state index in [1.807, 2.05) is 18.2 Å². The summed E-state index contributed by atoms with van der Waals surface area (Å²) in [5.74, 6) is -0.719. The van der Waals surface area contributed by atoms with Crippen LogP contribution in [0.1, 0.15) is 16.8 Å². The van der Waals surface area contributed by atoms with Gasteiger partial charge in [-0.25, -0.2) is 0 Å². The number of guanidine groups is 1. The number of allylic oxidation sites excluding steroid dienone is 6. The molecular weight excluding hydrogens is 262 g/mol. The van der Waals surface area contributed by atoms with E-state index in [1.54, 1.807) is 6.07 Å². The van der Waals surface area contributed by atoms with Crippen molar-refractivity contribution in [2.24, 2.45) is 5.73 Å². The second-order valence-corrected chi connectivity index (χ2v) is 4.97.